The molecule has 0 unspecified atom stereocenters. The lowest BCUT2D eigenvalue weighted by molar-refractivity contribution is -0.131. The lowest BCUT2D eigenvalue weighted by Gasteiger charge is -2.32. The Balaban J connectivity index is 1.66. The number of hydrogen-bond donors (Lipinski definition) is 0. The van der Waals surface area contributed by atoms with Crippen LogP contribution in [-0.4, -0.2) is 33.9 Å². The van der Waals surface area contributed by atoms with Gasteiger partial charge in [0.25, 0.3) is 0 Å². The highest BCUT2D eigenvalue weighted by Crippen LogP contribution is 2.26. The minimum atomic E-state index is 0.234. The Bertz CT molecular complexity index is 667. The highest BCUT2D eigenvalue weighted by molar-refractivity contribution is 7.12. The largest absolute Gasteiger partial charge is 0.342 e. The van der Waals surface area contributed by atoms with Crippen LogP contribution >= 0.6 is 11.3 Å². The van der Waals surface area contributed by atoms with Crippen LogP contribution in [0.3, 0.4) is 0 Å². The van der Waals surface area contributed by atoms with Gasteiger partial charge in [-0.1, -0.05) is 0 Å². The Hall–Kier alpha value is -1.75. The van der Waals surface area contributed by atoms with Gasteiger partial charge in [0.2, 0.25) is 5.91 Å². The number of aryl methyl sites for hydroxylation is 2. The Morgan fingerprint density at radius 3 is 2.95 bits per heavy atom. The minimum absolute atomic E-state index is 0.234. The highest BCUT2D eigenvalue weighted by Gasteiger charge is 2.25. The zero-order valence-corrected chi connectivity index (χ0v) is 13.9. The van der Waals surface area contributed by atoms with E-state index in [2.05, 4.69) is 29.0 Å². The Morgan fingerprint density at radius 2 is 2.23 bits per heavy atom. The molecule has 4 nitrogen and oxygen atoms in total. The summed E-state index contributed by atoms with van der Waals surface area (Å²) in [5.41, 5.74) is 1.07. The Labute approximate surface area is 135 Å². The van der Waals surface area contributed by atoms with Crippen LogP contribution in [0, 0.1) is 13.8 Å². The van der Waals surface area contributed by atoms with Gasteiger partial charge in [-0.15, -0.1) is 11.3 Å². The van der Waals surface area contributed by atoms with Crippen LogP contribution in [0.25, 0.3) is 0 Å². The lowest BCUT2D eigenvalue weighted by atomic mass is 9.94. The number of amides is 1. The number of carbonyl (C=O) groups excluding carboxylic acids is 1. The molecule has 0 bridgehead atoms. The number of carbonyl (C=O) groups is 1. The maximum Gasteiger partial charge on any atom is 0.227 e. The monoisotopic (exact) mass is 315 g/mol. The molecule has 0 spiro atoms. The van der Waals surface area contributed by atoms with Crippen molar-refractivity contribution in [1.29, 1.82) is 0 Å². The molecule has 1 saturated heterocycles. The summed E-state index contributed by atoms with van der Waals surface area (Å²) in [6.45, 7) is 5.63. The number of likely N-dealkylation sites (tertiary alicyclic amines) is 1. The molecular formula is C17H21N3OS. The molecule has 5 heteroatoms. The standard InChI is InChI=1S/C17H21N3OS/c1-12-5-6-15(22-12)10-17(21)20-9-3-4-14(11-20)16-7-8-18-13(2)19-16/h5-8,14H,3-4,9-11H2,1-2H3/t14-/m1/s1. The maximum absolute atomic E-state index is 12.5. The first kappa shape index (κ1) is 15.2. The van der Waals surface area contributed by atoms with Crippen molar-refractivity contribution >= 4 is 17.2 Å². The number of nitrogens with zero attached hydrogens (tertiary/aromatic N) is 3. The summed E-state index contributed by atoms with van der Waals surface area (Å²) in [5, 5.41) is 0. The summed E-state index contributed by atoms with van der Waals surface area (Å²) in [7, 11) is 0. The van der Waals surface area contributed by atoms with Crippen molar-refractivity contribution in [2.45, 2.75) is 39.0 Å². The molecule has 3 rings (SSSR count). The van der Waals surface area contributed by atoms with Crippen molar-refractivity contribution in [3.05, 3.63) is 45.7 Å². The van der Waals surface area contributed by atoms with E-state index in [1.54, 1.807) is 11.3 Å². The molecule has 2 aromatic rings. The zero-order valence-electron chi connectivity index (χ0n) is 13.1. The quantitative estimate of drug-likeness (QED) is 0.874. The molecule has 1 atom stereocenters. The molecule has 116 valence electrons. The van der Waals surface area contributed by atoms with E-state index in [0.717, 1.165) is 42.3 Å². The first-order valence-electron chi connectivity index (χ1n) is 7.74. The summed E-state index contributed by atoms with van der Waals surface area (Å²) in [6, 6.07) is 6.12. The molecule has 0 aromatic carbocycles. The predicted octanol–water partition coefficient (Wildman–Crippen LogP) is 3.10. The van der Waals surface area contributed by atoms with Gasteiger partial charge in [-0.3, -0.25) is 4.79 Å². The van der Waals surface area contributed by atoms with Crippen molar-refractivity contribution in [2.24, 2.45) is 0 Å². The first-order valence-corrected chi connectivity index (χ1v) is 8.56. The van der Waals surface area contributed by atoms with Crippen LogP contribution < -0.4 is 0 Å². The van der Waals surface area contributed by atoms with Crippen LogP contribution in [0.2, 0.25) is 0 Å². The second-order valence-electron chi connectivity index (χ2n) is 5.90. The van der Waals surface area contributed by atoms with Crippen molar-refractivity contribution < 1.29 is 4.79 Å². The van der Waals surface area contributed by atoms with E-state index < -0.39 is 0 Å². The smallest absolute Gasteiger partial charge is 0.227 e. The van der Waals surface area contributed by atoms with E-state index in [-0.39, 0.29) is 5.91 Å². The van der Waals surface area contributed by atoms with Crippen molar-refractivity contribution in [2.75, 3.05) is 13.1 Å². The maximum atomic E-state index is 12.5. The number of aromatic nitrogens is 2. The average molecular weight is 315 g/mol. The molecule has 2 aromatic heterocycles. The minimum Gasteiger partial charge on any atom is -0.342 e. The first-order chi connectivity index (χ1) is 10.6. The summed E-state index contributed by atoms with van der Waals surface area (Å²) >= 11 is 1.71. The van der Waals surface area contributed by atoms with Gasteiger partial charge >= 0.3 is 0 Å². The van der Waals surface area contributed by atoms with Crippen LogP contribution in [0.15, 0.2) is 24.4 Å². The molecule has 0 radical (unpaired) electrons. The van der Waals surface area contributed by atoms with Gasteiger partial charge in [0.05, 0.1) is 6.42 Å². The van der Waals surface area contributed by atoms with Gasteiger partial charge in [0, 0.05) is 40.7 Å². The average Bonchev–Trinajstić information content (AvgIpc) is 2.92. The molecule has 1 fully saturated rings. The van der Waals surface area contributed by atoms with Crippen molar-refractivity contribution in [1.82, 2.24) is 14.9 Å². The second kappa shape index (κ2) is 6.57. The van der Waals surface area contributed by atoms with Crippen LogP contribution in [0.4, 0.5) is 0 Å². The highest BCUT2D eigenvalue weighted by atomic mass is 32.1. The SMILES string of the molecule is Cc1nccc([C@@H]2CCCN(C(=O)Cc3ccc(C)s3)C2)n1. The van der Waals surface area contributed by atoms with Gasteiger partial charge in [-0.05, 0) is 44.9 Å². The van der Waals surface area contributed by atoms with Gasteiger partial charge in [0.1, 0.15) is 5.82 Å². The van der Waals surface area contributed by atoms with Crippen LogP contribution in [-0.2, 0) is 11.2 Å². The fourth-order valence-electron chi connectivity index (χ4n) is 2.99. The normalized spacial score (nSPS) is 18.5. The summed E-state index contributed by atoms with van der Waals surface area (Å²) in [4.78, 5) is 25.6. The fraction of sp³-hybridized carbons (Fsp3) is 0.471. The number of piperidine rings is 1. The van der Waals surface area contributed by atoms with Gasteiger partial charge in [0.15, 0.2) is 0 Å². The summed E-state index contributed by atoms with van der Waals surface area (Å²) < 4.78 is 0. The van der Waals surface area contributed by atoms with Gasteiger partial charge in [-0.2, -0.15) is 0 Å². The van der Waals surface area contributed by atoms with Crippen LogP contribution in [0.5, 0.6) is 0 Å². The van der Waals surface area contributed by atoms with E-state index in [1.165, 1.54) is 4.88 Å². The number of rotatable bonds is 3. The third-order valence-electron chi connectivity index (χ3n) is 4.11. The Kier molecular flexibility index (Phi) is 4.52. The van der Waals surface area contributed by atoms with E-state index in [4.69, 9.17) is 0 Å². The van der Waals surface area contributed by atoms with E-state index in [0.29, 0.717) is 12.3 Å². The van der Waals surface area contributed by atoms with Gasteiger partial charge in [-0.25, -0.2) is 9.97 Å². The third kappa shape index (κ3) is 3.53. The molecule has 3 heterocycles. The predicted molar refractivity (Wildman–Crippen MR) is 88.1 cm³/mol. The van der Waals surface area contributed by atoms with E-state index >= 15 is 0 Å². The molecule has 1 amide bonds. The van der Waals surface area contributed by atoms with Crippen LogP contribution in [0.1, 0.15) is 40.0 Å². The third-order valence-corrected chi connectivity index (χ3v) is 5.11. The Morgan fingerprint density at radius 1 is 1.36 bits per heavy atom. The second-order valence-corrected chi connectivity index (χ2v) is 7.27. The lowest BCUT2D eigenvalue weighted by Crippen LogP contribution is -2.40. The molecular weight excluding hydrogens is 294 g/mol. The van der Waals surface area contributed by atoms with E-state index in [9.17, 15) is 4.79 Å². The topological polar surface area (TPSA) is 46.1 Å². The van der Waals surface area contributed by atoms with Gasteiger partial charge < -0.3 is 4.90 Å². The molecule has 22 heavy (non-hydrogen) atoms. The summed E-state index contributed by atoms with van der Waals surface area (Å²) in [6.07, 6.45) is 4.47. The van der Waals surface area contributed by atoms with E-state index in [1.807, 2.05) is 24.1 Å². The molecule has 0 saturated carbocycles. The van der Waals surface area contributed by atoms with Crippen molar-refractivity contribution in [3.8, 4) is 0 Å². The fourth-order valence-corrected chi connectivity index (χ4v) is 3.87. The molecule has 1 aliphatic heterocycles. The number of hydrogen-bond acceptors (Lipinski definition) is 4. The molecule has 0 aliphatic carbocycles. The number of thiophene rings is 1. The summed E-state index contributed by atoms with van der Waals surface area (Å²) in [5.74, 6) is 1.37. The molecule has 1 aliphatic rings. The molecule has 0 N–H and O–H groups in total. The van der Waals surface area contributed by atoms with Crippen molar-refractivity contribution in [3.63, 3.8) is 0 Å². The zero-order chi connectivity index (χ0) is 15.5.